The summed E-state index contributed by atoms with van der Waals surface area (Å²) in [5, 5.41) is 15.1. The number of hydrogen-bond donors (Lipinski definition) is 4. The highest BCUT2D eigenvalue weighted by Gasteiger charge is 2.40. The van der Waals surface area contributed by atoms with Crippen LogP contribution in [-0.2, 0) is 35.6 Å². The third-order valence-corrected chi connectivity index (χ3v) is 9.81. The first-order valence-corrected chi connectivity index (χ1v) is 16.7. The van der Waals surface area contributed by atoms with Crippen molar-refractivity contribution in [2.45, 2.75) is 69.0 Å². The Labute approximate surface area is 273 Å². The van der Waals surface area contributed by atoms with Crippen molar-refractivity contribution in [3.63, 3.8) is 0 Å². The monoisotopic (exact) mass is 683 g/mol. The van der Waals surface area contributed by atoms with E-state index in [1.807, 2.05) is 13.8 Å². The van der Waals surface area contributed by atoms with Crippen molar-refractivity contribution in [3.05, 3.63) is 58.1 Å². The minimum absolute atomic E-state index is 0.0557. The van der Waals surface area contributed by atoms with Gasteiger partial charge in [0.15, 0.2) is 0 Å². The molecular weight excluding hydrogens is 645 g/mol. The molecule has 5 N–H and O–H groups in total. The van der Waals surface area contributed by atoms with Gasteiger partial charge in [-0.25, -0.2) is 13.2 Å². The number of carboxylic acids is 1. The molecule has 0 aromatic heterocycles. The average Bonchev–Trinajstić information content (AvgIpc) is 3.47. The van der Waals surface area contributed by atoms with E-state index in [4.69, 9.17) is 28.9 Å². The van der Waals surface area contributed by atoms with Crippen LogP contribution in [0.1, 0.15) is 45.1 Å². The minimum atomic E-state index is -4.16. The molecule has 15 heteroatoms. The number of carbonyl (C=O) groups excluding carboxylic acids is 3. The summed E-state index contributed by atoms with van der Waals surface area (Å²) in [5.41, 5.74) is 7.03. The predicted octanol–water partition coefficient (Wildman–Crippen LogP) is 2.92. The first-order chi connectivity index (χ1) is 21.1. The highest BCUT2D eigenvalue weighted by molar-refractivity contribution is 7.89. The van der Waals surface area contributed by atoms with Gasteiger partial charge in [-0.2, -0.15) is 4.31 Å². The maximum atomic E-state index is 13.3. The van der Waals surface area contributed by atoms with E-state index in [1.54, 1.807) is 31.3 Å². The topological polar surface area (TPSA) is 179 Å². The molecule has 2 aromatic carbocycles. The molecule has 0 saturated carbocycles. The van der Waals surface area contributed by atoms with Gasteiger partial charge in [0.05, 0.1) is 11.3 Å². The van der Waals surface area contributed by atoms with Crippen LogP contribution in [0.3, 0.4) is 0 Å². The number of nitrogens with two attached hydrogens (primary N) is 1. The Hall–Kier alpha value is -3.39. The van der Waals surface area contributed by atoms with Crippen LogP contribution in [0.5, 0.6) is 0 Å². The average molecular weight is 685 g/mol. The summed E-state index contributed by atoms with van der Waals surface area (Å²) in [6, 6.07) is 7.36. The molecule has 0 radical (unpaired) electrons. The van der Waals surface area contributed by atoms with Crippen LogP contribution in [0.4, 0.5) is 5.69 Å². The Morgan fingerprint density at radius 1 is 1.09 bits per heavy atom. The van der Waals surface area contributed by atoms with E-state index in [0.717, 1.165) is 9.87 Å². The first-order valence-electron chi connectivity index (χ1n) is 14.5. The van der Waals surface area contributed by atoms with E-state index < -0.39 is 45.9 Å². The number of carbonyl (C=O) groups is 4. The van der Waals surface area contributed by atoms with E-state index in [-0.39, 0.29) is 59.1 Å². The van der Waals surface area contributed by atoms with Crippen LogP contribution < -0.4 is 16.4 Å². The molecule has 3 rings (SSSR count). The fourth-order valence-corrected chi connectivity index (χ4v) is 7.47. The normalized spacial score (nSPS) is 16.6. The molecule has 3 amide bonds. The van der Waals surface area contributed by atoms with Gasteiger partial charge in [-0.3, -0.25) is 14.4 Å². The Morgan fingerprint density at radius 2 is 1.71 bits per heavy atom. The van der Waals surface area contributed by atoms with Crippen molar-refractivity contribution < 1.29 is 32.7 Å². The number of anilines is 1. The van der Waals surface area contributed by atoms with Crippen LogP contribution >= 0.6 is 23.2 Å². The van der Waals surface area contributed by atoms with Gasteiger partial charge in [-0.05, 0) is 67.5 Å². The number of amides is 3. The molecule has 3 unspecified atom stereocenters. The molecule has 1 fully saturated rings. The summed E-state index contributed by atoms with van der Waals surface area (Å²) < 4.78 is 27.6. The molecule has 12 nitrogen and oxygen atoms in total. The maximum absolute atomic E-state index is 13.3. The molecule has 0 spiro atoms. The first kappa shape index (κ1) is 36.1. The number of likely N-dealkylation sites (N-methyl/N-ethyl adjacent to an activating group) is 1. The Morgan fingerprint density at radius 3 is 2.29 bits per heavy atom. The Balaban J connectivity index is 1.63. The Kier molecular flexibility index (Phi) is 12.6. The predicted molar refractivity (Wildman–Crippen MR) is 171 cm³/mol. The van der Waals surface area contributed by atoms with Crippen LogP contribution in [0, 0.1) is 5.92 Å². The van der Waals surface area contributed by atoms with Gasteiger partial charge in [0, 0.05) is 35.9 Å². The van der Waals surface area contributed by atoms with Crippen molar-refractivity contribution in [2.75, 3.05) is 25.9 Å². The summed E-state index contributed by atoms with van der Waals surface area (Å²) >= 11 is 12.0. The van der Waals surface area contributed by atoms with Crippen LogP contribution in [0.15, 0.2) is 47.4 Å². The van der Waals surface area contributed by atoms with E-state index in [1.165, 1.54) is 23.1 Å². The van der Waals surface area contributed by atoms with Crippen molar-refractivity contribution in [3.8, 4) is 0 Å². The number of sulfonamides is 1. The van der Waals surface area contributed by atoms with Crippen LogP contribution in [0.25, 0.3) is 0 Å². The summed E-state index contributed by atoms with van der Waals surface area (Å²) in [6.07, 6.45) is 0.855. The second-order valence-corrected chi connectivity index (χ2v) is 14.2. The molecule has 1 aliphatic heterocycles. The second-order valence-electron chi connectivity index (χ2n) is 11.4. The number of carboxylic acid groups (broad SMARTS) is 1. The third kappa shape index (κ3) is 9.80. The lowest BCUT2D eigenvalue weighted by atomic mass is 10.0. The van der Waals surface area contributed by atoms with E-state index in [2.05, 4.69) is 10.6 Å². The molecule has 3 atom stereocenters. The van der Waals surface area contributed by atoms with Gasteiger partial charge >= 0.3 is 5.97 Å². The number of hydrogen-bond acceptors (Lipinski definition) is 7. The molecule has 246 valence electrons. The van der Waals surface area contributed by atoms with Crippen LogP contribution in [-0.4, -0.2) is 84.7 Å². The maximum Gasteiger partial charge on any atom is 0.326 e. The molecular formula is C30H39Cl2N5O7S. The van der Waals surface area contributed by atoms with Gasteiger partial charge in [0.25, 0.3) is 0 Å². The zero-order valence-electron chi connectivity index (χ0n) is 25.3. The highest BCUT2D eigenvalue weighted by atomic mass is 35.5. The number of rotatable bonds is 14. The largest absolute Gasteiger partial charge is 0.480 e. The third-order valence-electron chi connectivity index (χ3n) is 7.49. The molecule has 1 heterocycles. The van der Waals surface area contributed by atoms with Crippen molar-refractivity contribution in [2.24, 2.45) is 5.92 Å². The number of nitrogens with zero attached hydrogens (tertiary/aromatic N) is 2. The summed E-state index contributed by atoms with van der Waals surface area (Å²) in [5.74, 6) is -2.77. The molecule has 0 bridgehead atoms. The zero-order valence-corrected chi connectivity index (χ0v) is 27.7. The SMILES string of the molecule is CC(C)CC(C(=O)NCCC(NC(=O)C1CCCN1S(=O)(=O)c1cc(Cl)cc(Cl)c1)C(=O)O)N(C)C(=O)Cc1ccc(N)cc1. The summed E-state index contributed by atoms with van der Waals surface area (Å²) in [7, 11) is -2.61. The van der Waals surface area contributed by atoms with Gasteiger partial charge < -0.3 is 26.4 Å². The van der Waals surface area contributed by atoms with Crippen molar-refractivity contribution >= 4 is 62.6 Å². The quantitative estimate of drug-likeness (QED) is 0.220. The lowest BCUT2D eigenvalue weighted by molar-refractivity contribution is -0.142. The Bertz CT molecular complexity index is 1480. The van der Waals surface area contributed by atoms with Crippen molar-refractivity contribution in [1.82, 2.24) is 19.8 Å². The summed E-state index contributed by atoms with van der Waals surface area (Å²) in [4.78, 5) is 52.6. The van der Waals surface area contributed by atoms with Gasteiger partial charge in [0.2, 0.25) is 27.7 Å². The molecule has 1 saturated heterocycles. The fourth-order valence-electron chi connectivity index (χ4n) is 5.08. The number of aliphatic carboxylic acids is 1. The highest BCUT2D eigenvalue weighted by Crippen LogP contribution is 2.30. The molecule has 1 aliphatic rings. The zero-order chi connectivity index (χ0) is 33.5. The fraction of sp³-hybridized carbons (Fsp3) is 0.467. The minimum Gasteiger partial charge on any atom is -0.480 e. The number of nitrogens with one attached hydrogen (secondary N) is 2. The smallest absolute Gasteiger partial charge is 0.326 e. The number of nitrogen functional groups attached to an aromatic ring is 1. The lowest BCUT2D eigenvalue weighted by Gasteiger charge is -2.29. The lowest BCUT2D eigenvalue weighted by Crippen LogP contribution is -2.52. The van der Waals surface area contributed by atoms with E-state index in [9.17, 15) is 32.7 Å². The van der Waals surface area contributed by atoms with E-state index >= 15 is 0 Å². The van der Waals surface area contributed by atoms with Gasteiger partial charge in [-0.1, -0.05) is 49.2 Å². The van der Waals surface area contributed by atoms with Gasteiger partial charge in [-0.15, -0.1) is 0 Å². The number of benzene rings is 2. The van der Waals surface area contributed by atoms with Gasteiger partial charge in [0.1, 0.15) is 18.1 Å². The number of halogens is 2. The van der Waals surface area contributed by atoms with Crippen LogP contribution in [0.2, 0.25) is 10.0 Å². The van der Waals surface area contributed by atoms with E-state index in [0.29, 0.717) is 18.5 Å². The molecule has 45 heavy (non-hydrogen) atoms. The molecule has 2 aromatic rings. The molecule has 0 aliphatic carbocycles. The summed E-state index contributed by atoms with van der Waals surface area (Å²) in [6.45, 7) is 3.78. The van der Waals surface area contributed by atoms with Crippen molar-refractivity contribution in [1.29, 1.82) is 0 Å². The standard InChI is InChI=1S/C30H39Cl2N5O7S/c1-18(2)13-26(36(3)27(38)14-19-6-8-22(33)9-7-19)28(39)34-11-10-24(30(41)42)35-29(40)25-5-4-12-37(25)45(43,44)23-16-20(31)15-21(32)17-23/h6-9,15-18,24-26H,4-5,10-14,33H2,1-3H3,(H,34,39)(H,35,40)(H,41,42). The second kappa shape index (κ2) is 15.7.